The van der Waals surface area contributed by atoms with Crippen molar-refractivity contribution in [2.45, 2.75) is 38.8 Å². The van der Waals surface area contributed by atoms with E-state index < -0.39 is 0 Å². The van der Waals surface area contributed by atoms with E-state index in [0.717, 1.165) is 25.8 Å². The van der Waals surface area contributed by atoms with Gasteiger partial charge in [0, 0.05) is 26.1 Å². The molecular weight excluding hydrogens is 252 g/mol. The van der Waals surface area contributed by atoms with Crippen LogP contribution in [-0.2, 0) is 22.6 Å². The van der Waals surface area contributed by atoms with Crippen molar-refractivity contribution in [1.82, 2.24) is 9.80 Å². The molecule has 20 heavy (non-hydrogen) atoms. The molecule has 106 valence electrons. The van der Waals surface area contributed by atoms with Crippen molar-refractivity contribution in [1.29, 1.82) is 0 Å². The number of benzene rings is 1. The summed E-state index contributed by atoms with van der Waals surface area (Å²) in [5.41, 5.74) is 2.56. The van der Waals surface area contributed by atoms with Crippen LogP contribution in [0, 0.1) is 0 Å². The number of hydrogen-bond donors (Lipinski definition) is 0. The van der Waals surface area contributed by atoms with Gasteiger partial charge in [-0.1, -0.05) is 24.3 Å². The molecule has 1 aliphatic heterocycles. The molecule has 0 saturated heterocycles. The largest absolute Gasteiger partial charge is 0.336 e. The Hall–Kier alpha value is -1.84. The molecule has 2 amide bonds. The summed E-state index contributed by atoms with van der Waals surface area (Å²) in [4.78, 5) is 27.6. The lowest BCUT2D eigenvalue weighted by molar-refractivity contribution is -0.140. The van der Waals surface area contributed by atoms with Crippen molar-refractivity contribution < 1.29 is 9.59 Å². The quantitative estimate of drug-likeness (QED) is 0.838. The lowest BCUT2D eigenvalue weighted by Gasteiger charge is -2.31. The van der Waals surface area contributed by atoms with Gasteiger partial charge >= 0.3 is 0 Å². The zero-order chi connectivity index (χ0) is 14.1. The molecule has 2 aliphatic rings. The summed E-state index contributed by atoms with van der Waals surface area (Å²) in [5, 5.41) is 0. The van der Waals surface area contributed by atoms with Crippen molar-refractivity contribution in [3.63, 3.8) is 0 Å². The maximum absolute atomic E-state index is 12.4. The first-order chi connectivity index (χ1) is 9.65. The zero-order valence-corrected chi connectivity index (χ0v) is 11.8. The molecule has 1 saturated carbocycles. The van der Waals surface area contributed by atoms with Gasteiger partial charge in [0.2, 0.25) is 11.8 Å². The Morgan fingerprint density at radius 1 is 1.25 bits per heavy atom. The van der Waals surface area contributed by atoms with E-state index in [-0.39, 0.29) is 18.4 Å². The first-order valence-corrected chi connectivity index (χ1v) is 7.27. The Kier molecular flexibility index (Phi) is 3.47. The third kappa shape index (κ3) is 2.69. The number of amides is 2. The summed E-state index contributed by atoms with van der Waals surface area (Å²) >= 11 is 0. The third-order valence-corrected chi connectivity index (χ3v) is 4.18. The highest BCUT2D eigenvalue weighted by atomic mass is 16.2. The van der Waals surface area contributed by atoms with Gasteiger partial charge in [0.25, 0.3) is 0 Å². The summed E-state index contributed by atoms with van der Waals surface area (Å²) < 4.78 is 0. The van der Waals surface area contributed by atoms with Crippen LogP contribution in [-0.4, -0.2) is 40.7 Å². The van der Waals surface area contributed by atoms with Gasteiger partial charge in [-0.05, 0) is 30.4 Å². The van der Waals surface area contributed by atoms with Gasteiger partial charge < -0.3 is 9.80 Å². The van der Waals surface area contributed by atoms with Crippen molar-refractivity contribution in [3.05, 3.63) is 35.4 Å². The minimum Gasteiger partial charge on any atom is -0.336 e. The molecule has 4 nitrogen and oxygen atoms in total. The van der Waals surface area contributed by atoms with E-state index in [2.05, 4.69) is 12.1 Å². The van der Waals surface area contributed by atoms with Crippen LogP contribution >= 0.6 is 0 Å². The molecule has 4 heteroatoms. The number of carbonyl (C=O) groups excluding carboxylic acids is 2. The molecule has 0 aromatic heterocycles. The molecular formula is C16H20N2O2. The van der Waals surface area contributed by atoms with Crippen LogP contribution in [0.1, 0.15) is 30.9 Å². The molecule has 3 rings (SSSR count). The number of hydrogen-bond acceptors (Lipinski definition) is 2. The molecule has 0 spiro atoms. The Morgan fingerprint density at radius 3 is 2.60 bits per heavy atom. The number of rotatable bonds is 3. The van der Waals surface area contributed by atoms with Crippen LogP contribution in [0.3, 0.4) is 0 Å². The van der Waals surface area contributed by atoms with Crippen LogP contribution in [0.4, 0.5) is 0 Å². The fourth-order valence-electron chi connectivity index (χ4n) is 2.84. The third-order valence-electron chi connectivity index (χ3n) is 4.18. The van der Waals surface area contributed by atoms with Gasteiger partial charge in [-0.25, -0.2) is 0 Å². The van der Waals surface area contributed by atoms with Crippen LogP contribution < -0.4 is 0 Å². The number of nitrogens with zero attached hydrogens (tertiary/aromatic N) is 2. The zero-order valence-electron chi connectivity index (χ0n) is 11.8. The van der Waals surface area contributed by atoms with E-state index in [1.54, 1.807) is 11.8 Å². The van der Waals surface area contributed by atoms with Crippen molar-refractivity contribution in [2.75, 3.05) is 13.1 Å². The van der Waals surface area contributed by atoms with Crippen molar-refractivity contribution >= 4 is 11.8 Å². The average Bonchev–Trinajstić information content (AvgIpc) is 3.28. The summed E-state index contributed by atoms with van der Waals surface area (Å²) in [6, 6.07) is 8.56. The lowest BCUT2D eigenvalue weighted by atomic mass is 10.00. The molecule has 1 aromatic carbocycles. The lowest BCUT2D eigenvalue weighted by Crippen LogP contribution is -2.44. The summed E-state index contributed by atoms with van der Waals surface area (Å²) in [6.45, 7) is 3.22. The van der Waals surface area contributed by atoms with Gasteiger partial charge in [0.1, 0.15) is 6.54 Å². The molecule has 1 aromatic rings. The SMILES string of the molecule is CC(=O)N(CC(=O)N1CCc2ccccc2C1)C1CC1. The first kappa shape index (κ1) is 13.2. The Labute approximate surface area is 119 Å². The van der Waals surface area contributed by atoms with Gasteiger partial charge in [0.05, 0.1) is 0 Å². The van der Waals surface area contributed by atoms with Crippen LogP contribution in [0.25, 0.3) is 0 Å². The van der Waals surface area contributed by atoms with Gasteiger partial charge in [-0.15, -0.1) is 0 Å². The molecule has 0 radical (unpaired) electrons. The maximum Gasteiger partial charge on any atom is 0.242 e. The van der Waals surface area contributed by atoms with Gasteiger partial charge in [-0.2, -0.15) is 0 Å². The highest BCUT2D eigenvalue weighted by Gasteiger charge is 2.33. The highest BCUT2D eigenvalue weighted by molar-refractivity contribution is 5.84. The second-order valence-electron chi connectivity index (χ2n) is 5.71. The maximum atomic E-state index is 12.4. The van der Waals surface area contributed by atoms with Crippen LogP contribution in [0.5, 0.6) is 0 Å². The summed E-state index contributed by atoms with van der Waals surface area (Å²) in [6.07, 6.45) is 2.98. The fourth-order valence-corrected chi connectivity index (χ4v) is 2.84. The minimum absolute atomic E-state index is 0.0123. The predicted molar refractivity (Wildman–Crippen MR) is 76.0 cm³/mol. The second kappa shape index (κ2) is 5.27. The molecule has 1 aliphatic carbocycles. The van der Waals surface area contributed by atoms with Gasteiger partial charge in [0.15, 0.2) is 0 Å². The average molecular weight is 272 g/mol. The first-order valence-electron chi connectivity index (χ1n) is 7.27. The highest BCUT2D eigenvalue weighted by Crippen LogP contribution is 2.27. The van der Waals surface area contributed by atoms with Crippen molar-refractivity contribution in [2.24, 2.45) is 0 Å². The number of carbonyl (C=O) groups is 2. The summed E-state index contributed by atoms with van der Waals surface area (Å²) in [7, 11) is 0. The molecule has 0 unspecified atom stereocenters. The van der Waals surface area contributed by atoms with Crippen LogP contribution in [0.2, 0.25) is 0 Å². The van der Waals surface area contributed by atoms with E-state index in [1.807, 2.05) is 17.0 Å². The van der Waals surface area contributed by atoms with E-state index in [4.69, 9.17) is 0 Å². The normalized spacial score (nSPS) is 17.6. The van der Waals surface area contributed by atoms with Crippen molar-refractivity contribution in [3.8, 4) is 0 Å². The number of fused-ring (bicyclic) bond motifs is 1. The Balaban J connectivity index is 1.65. The molecule has 0 bridgehead atoms. The Morgan fingerprint density at radius 2 is 1.95 bits per heavy atom. The second-order valence-corrected chi connectivity index (χ2v) is 5.71. The topological polar surface area (TPSA) is 40.6 Å². The molecule has 1 fully saturated rings. The molecule has 0 N–H and O–H groups in total. The monoisotopic (exact) mass is 272 g/mol. The van der Waals surface area contributed by atoms with E-state index in [1.165, 1.54) is 11.1 Å². The Bertz CT molecular complexity index is 537. The van der Waals surface area contributed by atoms with E-state index >= 15 is 0 Å². The standard InChI is InChI=1S/C16H20N2O2/c1-12(19)18(15-6-7-15)11-16(20)17-9-8-13-4-2-3-5-14(13)10-17/h2-5,15H,6-11H2,1H3. The van der Waals surface area contributed by atoms with E-state index in [9.17, 15) is 9.59 Å². The predicted octanol–water partition coefficient (Wildman–Crippen LogP) is 1.58. The minimum atomic E-state index is 0.0123. The van der Waals surface area contributed by atoms with Gasteiger partial charge in [-0.3, -0.25) is 9.59 Å². The van der Waals surface area contributed by atoms with E-state index in [0.29, 0.717) is 12.6 Å². The fraction of sp³-hybridized carbons (Fsp3) is 0.500. The van der Waals surface area contributed by atoms with Crippen LogP contribution in [0.15, 0.2) is 24.3 Å². The molecule has 1 heterocycles. The summed E-state index contributed by atoms with van der Waals surface area (Å²) in [5.74, 6) is 0.0832. The smallest absolute Gasteiger partial charge is 0.242 e. The molecule has 0 atom stereocenters.